The van der Waals surface area contributed by atoms with Crippen molar-refractivity contribution in [2.45, 2.75) is 12.5 Å². The van der Waals surface area contributed by atoms with E-state index in [4.69, 9.17) is 17.6 Å². The zero-order valence-electron chi connectivity index (χ0n) is 5.76. The highest BCUT2D eigenvalue weighted by atomic mass is 16.3. The molecule has 3 heteroatoms. The molecule has 0 saturated heterocycles. The maximum Gasteiger partial charge on any atom is 0.150 e. The zero-order chi connectivity index (χ0) is 8.20. The molecule has 1 atom stereocenters. The fraction of sp³-hybridized carbons (Fsp3) is 0.286. The Hall–Kier alpha value is -1.27. The highest BCUT2D eigenvalue weighted by Gasteiger charge is 2.20. The highest BCUT2D eigenvalue weighted by Crippen LogP contribution is 2.10. The largest absolute Gasteiger partial charge is 0.404 e. The van der Waals surface area contributed by atoms with E-state index in [0.29, 0.717) is 0 Å². The van der Waals surface area contributed by atoms with Crippen molar-refractivity contribution in [3.8, 4) is 12.3 Å². The molecular formula is C7H10N2O. The SMILES string of the molecule is C#CC(C)(O)/C(C=N)=C/N. The van der Waals surface area contributed by atoms with Crippen LogP contribution in [-0.2, 0) is 0 Å². The van der Waals surface area contributed by atoms with Crippen LogP contribution in [0.2, 0.25) is 0 Å². The molecule has 3 nitrogen and oxygen atoms in total. The van der Waals surface area contributed by atoms with Crippen molar-refractivity contribution in [2.24, 2.45) is 5.73 Å². The summed E-state index contributed by atoms with van der Waals surface area (Å²) in [5.74, 6) is 2.10. The quantitative estimate of drug-likeness (QED) is 0.367. The van der Waals surface area contributed by atoms with Gasteiger partial charge in [-0.1, -0.05) is 5.92 Å². The number of terminal acetylenes is 1. The highest BCUT2D eigenvalue weighted by molar-refractivity contribution is 5.79. The molecular weight excluding hydrogens is 128 g/mol. The van der Waals surface area contributed by atoms with Crippen molar-refractivity contribution in [1.29, 1.82) is 5.41 Å². The van der Waals surface area contributed by atoms with Gasteiger partial charge in [0.1, 0.15) is 0 Å². The van der Waals surface area contributed by atoms with Crippen LogP contribution < -0.4 is 5.73 Å². The summed E-state index contributed by atoms with van der Waals surface area (Å²) in [4.78, 5) is 0. The van der Waals surface area contributed by atoms with E-state index in [1.807, 2.05) is 0 Å². The van der Waals surface area contributed by atoms with Crippen LogP contribution in [0, 0.1) is 17.8 Å². The summed E-state index contributed by atoms with van der Waals surface area (Å²) in [5, 5.41) is 16.0. The van der Waals surface area contributed by atoms with Gasteiger partial charge in [0.05, 0.1) is 0 Å². The Morgan fingerprint density at radius 2 is 2.40 bits per heavy atom. The van der Waals surface area contributed by atoms with E-state index >= 15 is 0 Å². The molecule has 4 N–H and O–H groups in total. The Morgan fingerprint density at radius 3 is 2.50 bits per heavy atom. The maximum absolute atomic E-state index is 9.25. The molecule has 0 fully saturated rings. The first kappa shape index (κ1) is 8.73. The van der Waals surface area contributed by atoms with Gasteiger partial charge in [0.2, 0.25) is 0 Å². The molecule has 0 aromatic carbocycles. The average Bonchev–Trinajstić information content (AvgIpc) is 1.90. The van der Waals surface area contributed by atoms with Crippen molar-refractivity contribution in [1.82, 2.24) is 0 Å². The lowest BCUT2D eigenvalue weighted by Crippen LogP contribution is -2.25. The summed E-state index contributed by atoms with van der Waals surface area (Å²) < 4.78 is 0. The Balaban J connectivity index is 4.64. The van der Waals surface area contributed by atoms with Crippen LogP contribution in [0.15, 0.2) is 11.8 Å². The van der Waals surface area contributed by atoms with E-state index in [1.165, 1.54) is 6.92 Å². The lowest BCUT2D eigenvalue weighted by atomic mass is 9.99. The molecule has 0 aliphatic heterocycles. The molecule has 0 bridgehead atoms. The van der Waals surface area contributed by atoms with Crippen LogP contribution in [0.4, 0.5) is 0 Å². The first-order valence-electron chi connectivity index (χ1n) is 2.71. The molecule has 0 aliphatic carbocycles. The van der Waals surface area contributed by atoms with Crippen LogP contribution in [0.3, 0.4) is 0 Å². The standard InChI is InChI=1S/C7H10N2O/c1-3-7(2,10)6(4-8)5-9/h1,4-5,8,10H,9H2,2H3/b6-5+,8-4?. The summed E-state index contributed by atoms with van der Waals surface area (Å²) in [7, 11) is 0. The van der Waals surface area contributed by atoms with Gasteiger partial charge < -0.3 is 16.2 Å². The minimum Gasteiger partial charge on any atom is -0.404 e. The van der Waals surface area contributed by atoms with Gasteiger partial charge in [-0.05, 0) is 6.92 Å². The third-order valence-electron chi connectivity index (χ3n) is 1.18. The summed E-state index contributed by atoms with van der Waals surface area (Å²) >= 11 is 0. The predicted molar refractivity (Wildman–Crippen MR) is 40.5 cm³/mol. The van der Waals surface area contributed by atoms with E-state index in [1.54, 1.807) is 0 Å². The van der Waals surface area contributed by atoms with Gasteiger partial charge in [-0.3, -0.25) is 0 Å². The molecule has 0 aromatic heterocycles. The van der Waals surface area contributed by atoms with Crippen LogP contribution >= 0.6 is 0 Å². The minimum absolute atomic E-state index is 0.218. The van der Waals surface area contributed by atoms with Gasteiger partial charge >= 0.3 is 0 Å². The molecule has 0 aromatic rings. The smallest absolute Gasteiger partial charge is 0.150 e. The number of hydrogen-bond donors (Lipinski definition) is 3. The lowest BCUT2D eigenvalue weighted by molar-refractivity contribution is 0.168. The van der Waals surface area contributed by atoms with Crippen LogP contribution in [0.25, 0.3) is 0 Å². The number of hydrogen-bond acceptors (Lipinski definition) is 3. The third kappa shape index (κ3) is 1.61. The number of nitrogens with one attached hydrogen (secondary N) is 1. The van der Waals surface area contributed by atoms with Gasteiger partial charge in [-0.25, -0.2) is 0 Å². The van der Waals surface area contributed by atoms with Crippen molar-refractivity contribution < 1.29 is 5.11 Å². The second-order valence-electron chi connectivity index (χ2n) is 1.98. The first-order valence-corrected chi connectivity index (χ1v) is 2.71. The molecule has 0 saturated carbocycles. The fourth-order valence-electron chi connectivity index (χ4n) is 0.434. The Morgan fingerprint density at radius 1 is 1.90 bits per heavy atom. The molecule has 54 valence electrons. The van der Waals surface area contributed by atoms with Crippen molar-refractivity contribution in [3.05, 3.63) is 11.8 Å². The lowest BCUT2D eigenvalue weighted by Gasteiger charge is -2.15. The normalized spacial score (nSPS) is 17.1. The van der Waals surface area contributed by atoms with Gasteiger partial charge in [0, 0.05) is 18.0 Å². The predicted octanol–water partition coefficient (Wildman–Crippen LogP) is -0.137. The van der Waals surface area contributed by atoms with E-state index in [0.717, 1.165) is 12.4 Å². The molecule has 0 radical (unpaired) electrons. The molecule has 0 heterocycles. The number of aliphatic hydroxyl groups is 1. The van der Waals surface area contributed by atoms with Gasteiger partial charge in [0.25, 0.3) is 0 Å². The third-order valence-corrected chi connectivity index (χ3v) is 1.18. The molecule has 0 amide bonds. The topological polar surface area (TPSA) is 70.1 Å². The fourth-order valence-corrected chi connectivity index (χ4v) is 0.434. The molecule has 0 spiro atoms. The first-order chi connectivity index (χ1) is 4.58. The van der Waals surface area contributed by atoms with E-state index in [9.17, 15) is 5.11 Å². The van der Waals surface area contributed by atoms with Crippen molar-refractivity contribution in [2.75, 3.05) is 0 Å². The Kier molecular flexibility index (Phi) is 2.65. The molecule has 0 aliphatic rings. The Labute approximate surface area is 60.1 Å². The summed E-state index contributed by atoms with van der Waals surface area (Å²) in [6.07, 6.45) is 7.01. The number of nitrogens with two attached hydrogens (primary N) is 1. The molecule has 1 unspecified atom stereocenters. The van der Waals surface area contributed by atoms with Gasteiger partial charge in [-0.15, -0.1) is 6.42 Å². The van der Waals surface area contributed by atoms with Crippen molar-refractivity contribution in [3.63, 3.8) is 0 Å². The van der Waals surface area contributed by atoms with Gasteiger partial charge in [0.15, 0.2) is 5.60 Å². The van der Waals surface area contributed by atoms with Gasteiger partial charge in [-0.2, -0.15) is 0 Å². The van der Waals surface area contributed by atoms with Crippen LogP contribution in [0.1, 0.15) is 6.92 Å². The maximum atomic E-state index is 9.25. The second kappa shape index (κ2) is 3.04. The van der Waals surface area contributed by atoms with E-state index in [-0.39, 0.29) is 5.57 Å². The second-order valence-corrected chi connectivity index (χ2v) is 1.98. The molecule has 10 heavy (non-hydrogen) atoms. The summed E-state index contributed by atoms with van der Waals surface area (Å²) in [5.41, 5.74) is 3.87. The minimum atomic E-state index is -1.42. The molecule has 0 rings (SSSR count). The van der Waals surface area contributed by atoms with E-state index < -0.39 is 5.60 Å². The van der Waals surface area contributed by atoms with Crippen LogP contribution in [-0.4, -0.2) is 16.9 Å². The summed E-state index contributed by atoms with van der Waals surface area (Å²) in [6.45, 7) is 1.40. The Bertz CT molecular complexity index is 198. The zero-order valence-corrected chi connectivity index (χ0v) is 5.76. The number of rotatable bonds is 2. The monoisotopic (exact) mass is 138 g/mol. The van der Waals surface area contributed by atoms with Crippen molar-refractivity contribution >= 4 is 6.21 Å². The summed E-state index contributed by atoms with van der Waals surface area (Å²) in [6, 6.07) is 0. The van der Waals surface area contributed by atoms with E-state index in [2.05, 4.69) is 5.92 Å². The van der Waals surface area contributed by atoms with Crippen LogP contribution in [0.5, 0.6) is 0 Å². The average molecular weight is 138 g/mol.